The first kappa shape index (κ1) is 14.6. The van der Waals surface area contributed by atoms with Crippen LogP contribution in [-0.2, 0) is 0 Å². The molecule has 1 unspecified atom stereocenters. The molecule has 2 rings (SSSR count). The lowest BCUT2D eigenvalue weighted by molar-refractivity contribution is 0.878. The molecule has 1 aromatic carbocycles. The minimum absolute atomic E-state index is 0.322. The van der Waals surface area contributed by atoms with Gasteiger partial charge in [0.1, 0.15) is 0 Å². The zero-order valence-corrected chi connectivity index (χ0v) is 14.5. The van der Waals surface area contributed by atoms with Gasteiger partial charge in [0, 0.05) is 20.3 Å². The molecule has 1 aromatic heterocycles. The summed E-state index contributed by atoms with van der Waals surface area (Å²) in [6.07, 6.45) is 0. The summed E-state index contributed by atoms with van der Waals surface area (Å²) >= 11 is 5.53. The molecule has 1 heterocycles. The summed E-state index contributed by atoms with van der Waals surface area (Å²) in [5, 5.41) is 3.64. The van der Waals surface area contributed by atoms with Crippen molar-refractivity contribution in [3.63, 3.8) is 0 Å². The van der Waals surface area contributed by atoms with E-state index in [2.05, 4.69) is 74.1 Å². The number of rotatable bonds is 3. The number of hydrogen-bond acceptors (Lipinski definition) is 2. The molecule has 19 heavy (non-hydrogen) atoms. The maximum Gasteiger partial charge on any atom is 0.0519 e. The molecule has 0 amide bonds. The van der Waals surface area contributed by atoms with Gasteiger partial charge in [-0.15, -0.1) is 11.3 Å². The fourth-order valence-corrected chi connectivity index (χ4v) is 4.28. The summed E-state index contributed by atoms with van der Waals surface area (Å²) in [5.41, 5.74) is 5.16. The summed E-state index contributed by atoms with van der Waals surface area (Å²) in [4.78, 5) is 2.78. The predicted molar refractivity (Wildman–Crippen MR) is 89.4 cm³/mol. The van der Waals surface area contributed by atoms with E-state index in [-0.39, 0.29) is 0 Å². The molecule has 1 N–H and O–H groups in total. The summed E-state index contributed by atoms with van der Waals surface area (Å²) in [6.45, 7) is 10.9. The Morgan fingerprint density at radius 3 is 2.32 bits per heavy atom. The molecule has 1 nitrogen and oxygen atoms in total. The van der Waals surface area contributed by atoms with E-state index in [0.717, 1.165) is 4.47 Å². The monoisotopic (exact) mass is 337 g/mol. The fraction of sp³-hybridized carbons (Fsp3) is 0.375. The Labute approximate surface area is 128 Å². The van der Waals surface area contributed by atoms with Crippen molar-refractivity contribution in [1.29, 1.82) is 0 Å². The van der Waals surface area contributed by atoms with Crippen molar-refractivity contribution in [2.45, 2.75) is 40.7 Å². The molecule has 0 aliphatic rings. The Balaban J connectivity index is 2.29. The third-order valence-electron chi connectivity index (χ3n) is 3.34. The largest absolute Gasteiger partial charge is 0.377 e. The van der Waals surface area contributed by atoms with Crippen molar-refractivity contribution in [3.05, 3.63) is 49.1 Å². The van der Waals surface area contributed by atoms with Crippen LogP contribution in [0.3, 0.4) is 0 Å². The Morgan fingerprint density at radius 2 is 1.79 bits per heavy atom. The van der Waals surface area contributed by atoms with Crippen LogP contribution < -0.4 is 5.32 Å². The van der Waals surface area contributed by atoms with E-state index >= 15 is 0 Å². The van der Waals surface area contributed by atoms with Crippen LogP contribution in [0, 0.1) is 27.7 Å². The van der Waals surface area contributed by atoms with E-state index in [1.807, 2.05) is 11.3 Å². The number of thiophene rings is 1. The van der Waals surface area contributed by atoms with Crippen LogP contribution in [0.4, 0.5) is 5.69 Å². The molecule has 0 aliphatic carbocycles. The first-order chi connectivity index (χ1) is 8.88. The Morgan fingerprint density at radius 1 is 1.11 bits per heavy atom. The average molecular weight is 338 g/mol. The van der Waals surface area contributed by atoms with Gasteiger partial charge in [-0.2, -0.15) is 0 Å². The van der Waals surface area contributed by atoms with E-state index in [0.29, 0.717) is 6.04 Å². The average Bonchev–Trinajstić information content (AvgIpc) is 2.62. The lowest BCUT2D eigenvalue weighted by atomic mass is 10.1. The topological polar surface area (TPSA) is 12.0 Å². The minimum atomic E-state index is 0.322. The maximum atomic E-state index is 3.66. The first-order valence-corrected chi connectivity index (χ1v) is 8.09. The second-order valence-corrected chi connectivity index (χ2v) is 7.49. The quantitative estimate of drug-likeness (QED) is 0.733. The maximum absolute atomic E-state index is 3.66. The molecule has 0 saturated carbocycles. The molecule has 0 fully saturated rings. The molecule has 2 aromatic rings. The molecule has 3 heteroatoms. The third kappa shape index (κ3) is 3.21. The van der Waals surface area contributed by atoms with E-state index in [9.17, 15) is 0 Å². The summed E-state index contributed by atoms with van der Waals surface area (Å²) in [7, 11) is 0. The van der Waals surface area contributed by atoms with Crippen molar-refractivity contribution >= 4 is 33.0 Å². The Bertz CT molecular complexity index is 578. The smallest absolute Gasteiger partial charge is 0.0519 e. The van der Waals surface area contributed by atoms with Crippen LogP contribution in [0.1, 0.15) is 39.4 Å². The van der Waals surface area contributed by atoms with Crippen LogP contribution in [0.15, 0.2) is 22.7 Å². The van der Waals surface area contributed by atoms with Crippen LogP contribution in [-0.4, -0.2) is 0 Å². The SMILES string of the molecule is Cc1cc(C)c(NC(C)c2cc(C)sc2C)c(Br)c1. The van der Waals surface area contributed by atoms with Crippen molar-refractivity contribution < 1.29 is 0 Å². The number of halogens is 1. The second kappa shape index (κ2) is 5.68. The van der Waals surface area contributed by atoms with Crippen LogP contribution in [0.2, 0.25) is 0 Å². The normalized spacial score (nSPS) is 12.5. The van der Waals surface area contributed by atoms with E-state index in [1.165, 1.54) is 32.1 Å². The van der Waals surface area contributed by atoms with Gasteiger partial charge in [0.2, 0.25) is 0 Å². The van der Waals surface area contributed by atoms with Gasteiger partial charge in [0.25, 0.3) is 0 Å². The van der Waals surface area contributed by atoms with E-state index in [4.69, 9.17) is 0 Å². The van der Waals surface area contributed by atoms with E-state index < -0.39 is 0 Å². The molecule has 0 spiro atoms. The van der Waals surface area contributed by atoms with Gasteiger partial charge < -0.3 is 5.32 Å². The predicted octanol–water partition coefficient (Wildman–Crippen LogP) is 5.92. The molecule has 102 valence electrons. The number of anilines is 1. The van der Waals surface area contributed by atoms with Gasteiger partial charge >= 0.3 is 0 Å². The highest BCUT2D eigenvalue weighted by Crippen LogP contribution is 2.33. The molecule has 0 bridgehead atoms. The van der Waals surface area contributed by atoms with Gasteiger partial charge in [0.15, 0.2) is 0 Å². The highest BCUT2D eigenvalue weighted by Gasteiger charge is 2.13. The minimum Gasteiger partial charge on any atom is -0.377 e. The van der Waals surface area contributed by atoms with Crippen molar-refractivity contribution in [1.82, 2.24) is 0 Å². The molecule has 0 saturated heterocycles. The van der Waals surface area contributed by atoms with Gasteiger partial charge in [-0.25, -0.2) is 0 Å². The van der Waals surface area contributed by atoms with Gasteiger partial charge in [-0.1, -0.05) is 6.07 Å². The summed E-state index contributed by atoms with van der Waals surface area (Å²) in [6, 6.07) is 6.98. The first-order valence-electron chi connectivity index (χ1n) is 6.48. The number of aryl methyl sites for hydroxylation is 4. The summed E-state index contributed by atoms with van der Waals surface area (Å²) < 4.78 is 1.14. The number of nitrogens with one attached hydrogen (secondary N) is 1. The third-order valence-corrected chi connectivity index (χ3v) is 4.95. The Kier molecular flexibility index (Phi) is 4.36. The summed E-state index contributed by atoms with van der Waals surface area (Å²) in [5.74, 6) is 0. The van der Waals surface area contributed by atoms with Gasteiger partial charge in [0.05, 0.1) is 5.69 Å². The number of benzene rings is 1. The highest BCUT2D eigenvalue weighted by molar-refractivity contribution is 9.10. The lowest BCUT2D eigenvalue weighted by Crippen LogP contribution is -2.08. The van der Waals surface area contributed by atoms with Crippen LogP contribution in [0.25, 0.3) is 0 Å². The van der Waals surface area contributed by atoms with Crippen LogP contribution in [0.5, 0.6) is 0 Å². The zero-order valence-electron chi connectivity index (χ0n) is 12.1. The highest BCUT2D eigenvalue weighted by atomic mass is 79.9. The second-order valence-electron chi connectivity index (χ2n) is 5.17. The molecule has 1 atom stereocenters. The van der Waals surface area contributed by atoms with Gasteiger partial charge in [-0.05, 0) is 79.4 Å². The Hall–Kier alpha value is -0.800. The lowest BCUT2D eigenvalue weighted by Gasteiger charge is -2.19. The molecule has 0 radical (unpaired) electrons. The van der Waals surface area contributed by atoms with Crippen molar-refractivity contribution in [2.24, 2.45) is 0 Å². The number of hydrogen-bond donors (Lipinski definition) is 1. The standard InChI is InChI=1S/C16H20BrNS/c1-9-6-10(2)16(15(17)7-9)18-12(4)14-8-11(3)19-13(14)5/h6-8,12,18H,1-5H3. The van der Waals surface area contributed by atoms with E-state index in [1.54, 1.807) is 0 Å². The molecular weight excluding hydrogens is 318 g/mol. The fourth-order valence-electron chi connectivity index (χ4n) is 2.47. The molecule has 0 aliphatic heterocycles. The van der Waals surface area contributed by atoms with Crippen molar-refractivity contribution in [2.75, 3.05) is 5.32 Å². The zero-order chi connectivity index (χ0) is 14.2. The molecular formula is C16H20BrNS. The van der Waals surface area contributed by atoms with Crippen molar-refractivity contribution in [3.8, 4) is 0 Å². The van der Waals surface area contributed by atoms with Gasteiger partial charge in [-0.3, -0.25) is 0 Å². The van der Waals surface area contributed by atoms with Crippen LogP contribution >= 0.6 is 27.3 Å².